The number of amides is 2. The van der Waals surface area contributed by atoms with Gasteiger partial charge < -0.3 is 11.1 Å². The zero-order valence-electron chi connectivity index (χ0n) is 16.8. The van der Waals surface area contributed by atoms with E-state index in [4.69, 9.17) is 18.0 Å². The molecule has 1 aromatic heterocycles. The van der Waals surface area contributed by atoms with Gasteiger partial charge >= 0.3 is 0 Å². The third-order valence-corrected chi connectivity index (χ3v) is 6.85. The number of nitrogens with zero attached hydrogens (tertiary/aromatic N) is 1. The van der Waals surface area contributed by atoms with E-state index in [9.17, 15) is 14.4 Å². The lowest BCUT2D eigenvalue weighted by Gasteiger charge is -2.14. The second kappa shape index (κ2) is 11.3. The highest BCUT2D eigenvalue weighted by Crippen LogP contribution is 2.33. The summed E-state index contributed by atoms with van der Waals surface area (Å²) in [5.41, 5.74) is 6.52. The molecule has 3 rings (SSSR count). The molecule has 0 spiro atoms. The van der Waals surface area contributed by atoms with Crippen LogP contribution in [0.25, 0.3) is 6.08 Å². The fourth-order valence-corrected chi connectivity index (χ4v) is 5.04. The molecule has 1 fully saturated rings. The molecular formula is C22H23N3O3S3. The average Bonchev–Trinajstić information content (AvgIpc) is 3.37. The predicted octanol–water partition coefficient (Wildman–Crippen LogP) is 4.29. The summed E-state index contributed by atoms with van der Waals surface area (Å²) in [6, 6.07) is 10.6. The van der Waals surface area contributed by atoms with E-state index < -0.39 is 0 Å². The number of carbonyl (C=O) groups is 3. The van der Waals surface area contributed by atoms with Gasteiger partial charge in [-0.3, -0.25) is 19.3 Å². The lowest BCUT2D eigenvalue weighted by atomic mass is 10.1. The minimum atomic E-state index is -0.138. The average molecular weight is 474 g/mol. The molecule has 3 N–H and O–H groups in total. The molecular weight excluding hydrogens is 450 g/mol. The van der Waals surface area contributed by atoms with Crippen molar-refractivity contribution in [2.75, 3.05) is 18.4 Å². The normalized spacial score (nSPS) is 15.0. The van der Waals surface area contributed by atoms with Crippen LogP contribution in [-0.2, 0) is 9.59 Å². The Labute approximate surface area is 194 Å². The number of ketones is 1. The standard InChI is InChI=1S/C22H23N3O3S3/c23-14-18(26)15-7-9-16(10-8-15)24-20(27)6-2-1-3-11-25-21(28)19(31-22(25)29)13-17-5-4-12-30-17/h4-5,7-10,12-13H,1-3,6,11,14,23H2,(H,24,27)/b19-13+. The van der Waals surface area contributed by atoms with E-state index in [0.717, 1.165) is 24.1 Å². The van der Waals surface area contributed by atoms with Crippen LogP contribution in [0.2, 0.25) is 0 Å². The summed E-state index contributed by atoms with van der Waals surface area (Å²) < 4.78 is 0.585. The van der Waals surface area contributed by atoms with E-state index in [1.165, 1.54) is 11.8 Å². The number of thioether (sulfide) groups is 1. The fourth-order valence-electron chi connectivity index (χ4n) is 3.01. The van der Waals surface area contributed by atoms with E-state index in [-0.39, 0.29) is 24.1 Å². The Kier molecular flexibility index (Phi) is 8.53. The summed E-state index contributed by atoms with van der Waals surface area (Å²) >= 11 is 8.27. The molecule has 0 unspecified atom stereocenters. The van der Waals surface area contributed by atoms with Gasteiger partial charge in [-0.05, 0) is 54.6 Å². The number of benzene rings is 1. The number of rotatable bonds is 10. The quantitative estimate of drug-likeness (QED) is 0.231. The summed E-state index contributed by atoms with van der Waals surface area (Å²) in [4.78, 5) is 39.5. The number of Topliss-reactive ketones (excluding diaryl/α,β-unsaturated/α-hetero) is 1. The summed E-state index contributed by atoms with van der Waals surface area (Å²) in [5, 5.41) is 4.80. The summed E-state index contributed by atoms with van der Waals surface area (Å²) in [5.74, 6) is -0.263. The molecule has 0 bridgehead atoms. The Hall–Kier alpha value is -2.33. The zero-order valence-corrected chi connectivity index (χ0v) is 19.3. The summed E-state index contributed by atoms with van der Waals surface area (Å²) in [6.45, 7) is 0.523. The van der Waals surface area contributed by atoms with Gasteiger partial charge in [0.05, 0.1) is 11.4 Å². The molecule has 0 atom stereocenters. The first-order valence-corrected chi connectivity index (χ1v) is 12.0. The Morgan fingerprint density at radius 3 is 2.58 bits per heavy atom. The van der Waals surface area contributed by atoms with Crippen molar-refractivity contribution in [1.82, 2.24) is 4.90 Å². The monoisotopic (exact) mass is 473 g/mol. The van der Waals surface area contributed by atoms with Gasteiger partial charge in [-0.15, -0.1) is 11.3 Å². The molecule has 1 aromatic carbocycles. The molecule has 6 nitrogen and oxygen atoms in total. The molecule has 1 aliphatic heterocycles. The van der Waals surface area contributed by atoms with Crippen LogP contribution < -0.4 is 11.1 Å². The van der Waals surface area contributed by atoms with Crippen LogP contribution in [0.3, 0.4) is 0 Å². The van der Waals surface area contributed by atoms with E-state index in [1.54, 1.807) is 40.5 Å². The zero-order chi connectivity index (χ0) is 22.2. The SMILES string of the molecule is NCC(=O)c1ccc(NC(=O)CCCCCN2C(=O)/C(=C\c3cccs3)SC2=S)cc1. The third-order valence-electron chi connectivity index (χ3n) is 4.65. The van der Waals surface area contributed by atoms with E-state index in [0.29, 0.717) is 33.4 Å². The van der Waals surface area contributed by atoms with E-state index in [1.807, 2.05) is 23.6 Å². The third kappa shape index (κ3) is 6.57. The predicted molar refractivity (Wildman–Crippen MR) is 131 cm³/mol. The number of hydrogen-bond donors (Lipinski definition) is 2. The highest BCUT2D eigenvalue weighted by Gasteiger charge is 2.31. The second-order valence-electron chi connectivity index (χ2n) is 6.91. The lowest BCUT2D eigenvalue weighted by Crippen LogP contribution is -2.29. The van der Waals surface area contributed by atoms with Crippen LogP contribution in [0.5, 0.6) is 0 Å². The van der Waals surface area contributed by atoms with Gasteiger partial charge in [0.2, 0.25) is 5.91 Å². The van der Waals surface area contributed by atoms with Crippen molar-refractivity contribution in [2.24, 2.45) is 5.73 Å². The molecule has 162 valence electrons. The number of unbranched alkanes of at least 4 members (excludes halogenated alkanes) is 2. The van der Waals surface area contributed by atoms with Gasteiger partial charge in [0, 0.05) is 29.1 Å². The van der Waals surface area contributed by atoms with Crippen molar-refractivity contribution in [2.45, 2.75) is 25.7 Å². The number of carbonyl (C=O) groups excluding carboxylic acids is 3. The van der Waals surface area contributed by atoms with Crippen LogP contribution >= 0.6 is 35.3 Å². The molecule has 0 saturated carbocycles. The first-order valence-electron chi connectivity index (χ1n) is 9.90. The molecule has 1 saturated heterocycles. The summed E-state index contributed by atoms with van der Waals surface area (Å²) in [6.07, 6.45) is 4.59. The van der Waals surface area contributed by atoms with Crippen molar-refractivity contribution >= 4 is 69.0 Å². The minimum Gasteiger partial charge on any atom is -0.326 e. The van der Waals surface area contributed by atoms with Gasteiger partial charge in [-0.1, -0.05) is 36.5 Å². The van der Waals surface area contributed by atoms with Gasteiger partial charge in [0.1, 0.15) is 4.32 Å². The van der Waals surface area contributed by atoms with Crippen molar-refractivity contribution in [3.63, 3.8) is 0 Å². The molecule has 9 heteroatoms. The number of nitrogens with two attached hydrogens (primary N) is 1. The fraction of sp³-hybridized carbons (Fsp3) is 0.273. The van der Waals surface area contributed by atoms with Crippen LogP contribution in [0.15, 0.2) is 46.7 Å². The Morgan fingerprint density at radius 1 is 1.13 bits per heavy atom. The van der Waals surface area contributed by atoms with Crippen molar-refractivity contribution in [3.05, 3.63) is 57.1 Å². The van der Waals surface area contributed by atoms with Crippen LogP contribution in [-0.4, -0.2) is 39.9 Å². The Bertz CT molecular complexity index is 985. The van der Waals surface area contributed by atoms with Crippen LogP contribution in [0.1, 0.15) is 40.9 Å². The van der Waals surface area contributed by atoms with Crippen molar-refractivity contribution in [3.8, 4) is 0 Å². The lowest BCUT2D eigenvalue weighted by molar-refractivity contribution is -0.122. The topological polar surface area (TPSA) is 92.5 Å². The van der Waals surface area contributed by atoms with Gasteiger partial charge in [0.25, 0.3) is 5.91 Å². The first-order chi connectivity index (χ1) is 15.0. The maximum absolute atomic E-state index is 12.6. The number of thiophene rings is 1. The molecule has 0 radical (unpaired) electrons. The molecule has 2 aromatic rings. The Balaban J connectivity index is 1.37. The molecule has 31 heavy (non-hydrogen) atoms. The maximum atomic E-state index is 12.6. The number of hydrogen-bond acceptors (Lipinski definition) is 7. The minimum absolute atomic E-state index is 0.0373. The van der Waals surface area contributed by atoms with Crippen LogP contribution in [0, 0.1) is 0 Å². The molecule has 2 amide bonds. The highest BCUT2D eigenvalue weighted by molar-refractivity contribution is 8.26. The number of thiocarbonyl (C=S) groups is 1. The Morgan fingerprint density at radius 2 is 1.90 bits per heavy atom. The highest BCUT2D eigenvalue weighted by atomic mass is 32.2. The first kappa shape index (κ1) is 23.3. The molecule has 2 heterocycles. The molecule has 0 aliphatic carbocycles. The van der Waals surface area contributed by atoms with Crippen molar-refractivity contribution in [1.29, 1.82) is 0 Å². The number of nitrogens with one attached hydrogen (secondary N) is 1. The number of anilines is 1. The van der Waals surface area contributed by atoms with Crippen LogP contribution in [0.4, 0.5) is 5.69 Å². The van der Waals surface area contributed by atoms with E-state index >= 15 is 0 Å². The molecule has 1 aliphatic rings. The van der Waals surface area contributed by atoms with Crippen molar-refractivity contribution < 1.29 is 14.4 Å². The van der Waals surface area contributed by atoms with Gasteiger partial charge in [-0.2, -0.15) is 0 Å². The smallest absolute Gasteiger partial charge is 0.266 e. The summed E-state index contributed by atoms with van der Waals surface area (Å²) in [7, 11) is 0. The van der Waals surface area contributed by atoms with Gasteiger partial charge in [-0.25, -0.2) is 0 Å². The largest absolute Gasteiger partial charge is 0.326 e. The van der Waals surface area contributed by atoms with Gasteiger partial charge in [0.15, 0.2) is 5.78 Å². The maximum Gasteiger partial charge on any atom is 0.266 e. The van der Waals surface area contributed by atoms with E-state index in [2.05, 4.69) is 5.32 Å². The second-order valence-corrected chi connectivity index (χ2v) is 9.57.